The van der Waals surface area contributed by atoms with Crippen LogP contribution < -0.4 is 14.8 Å². The largest absolute Gasteiger partial charge is 0.486 e. The Balaban J connectivity index is 1.79. The van der Waals surface area contributed by atoms with Crippen LogP contribution in [0.5, 0.6) is 11.5 Å². The molecule has 0 radical (unpaired) electrons. The molecule has 0 bridgehead atoms. The van der Waals surface area contributed by atoms with Crippen LogP contribution in [-0.4, -0.2) is 38.5 Å². The summed E-state index contributed by atoms with van der Waals surface area (Å²) < 4.78 is 51.0. The van der Waals surface area contributed by atoms with Crippen LogP contribution in [0.1, 0.15) is 24.9 Å². The molecule has 1 atom stereocenters. The first-order chi connectivity index (χ1) is 10.8. The lowest BCUT2D eigenvalue weighted by atomic mass is 10.1. The van der Waals surface area contributed by atoms with Crippen molar-refractivity contribution >= 4 is 5.91 Å². The van der Waals surface area contributed by atoms with Crippen LogP contribution in [0.25, 0.3) is 0 Å². The average Bonchev–Trinajstić information content (AvgIpc) is 2.50. The fourth-order valence-electron chi connectivity index (χ4n) is 2.08. The van der Waals surface area contributed by atoms with E-state index in [4.69, 9.17) is 9.47 Å². The van der Waals surface area contributed by atoms with E-state index in [0.717, 1.165) is 5.56 Å². The molecular formula is C15H18F3NO4. The molecule has 1 aromatic rings. The second-order valence-corrected chi connectivity index (χ2v) is 5.11. The third kappa shape index (κ3) is 5.63. The van der Waals surface area contributed by atoms with Crippen molar-refractivity contribution in [3.05, 3.63) is 23.8 Å². The van der Waals surface area contributed by atoms with Crippen LogP contribution in [-0.2, 0) is 9.53 Å². The highest BCUT2D eigenvalue weighted by atomic mass is 19.4. The van der Waals surface area contributed by atoms with Crippen molar-refractivity contribution in [2.75, 3.05) is 26.4 Å². The van der Waals surface area contributed by atoms with Crippen molar-refractivity contribution in [2.24, 2.45) is 0 Å². The highest BCUT2D eigenvalue weighted by molar-refractivity contribution is 5.76. The van der Waals surface area contributed by atoms with E-state index in [9.17, 15) is 18.0 Å². The monoisotopic (exact) mass is 333 g/mol. The third-order valence-corrected chi connectivity index (χ3v) is 3.18. The van der Waals surface area contributed by atoms with E-state index in [1.165, 1.54) is 0 Å². The molecule has 0 aliphatic carbocycles. The number of fused-ring (bicyclic) bond motifs is 1. The van der Waals surface area contributed by atoms with Gasteiger partial charge in [-0.05, 0) is 24.6 Å². The summed E-state index contributed by atoms with van der Waals surface area (Å²) in [5.74, 6) is 0.886. The number of alkyl halides is 3. The number of carbonyl (C=O) groups excluding carboxylic acids is 1. The molecule has 1 heterocycles. The third-order valence-electron chi connectivity index (χ3n) is 3.18. The number of hydrogen-bond donors (Lipinski definition) is 1. The van der Waals surface area contributed by atoms with Crippen LogP contribution in [0.4, 0.5) is 13.2 Å². The second kappa shape index (κ2) is 7.54. The molecule has 0 fully saturated rings. The number of nitrogens with one attached hydrogen (secondary N) is 1. The van der Waals surface area contributed by atoms with Crippen LogP contribution in [0.3, 0.4) is 0 Å². The number of hydrogen-bond acceptors (Lipinski definition) is 4. The zero-order valence-electron chi connectivity index (χ0n) is 12.6. The van der Waals surface area contributed by atoms with E-state index < -0.39 is 12.8 Å². The van der Waals surface area contributed by atoms with Gasteiger partial charge in [0.15, 0.2) is 11.5 Å². The fraction of sp³-hybridized carbons (Fsp3) is 0.533. The van der Waals surface area contributed by atoms with Gasteiger partial charge in [-0.2, -0.15) is 13.2 Å². The van der Waals surface area contributed by atoms with Gasteiger partial charge in [0.1, 0.15) is 19.8 Å². The van der Waals surface area contributed by atoms with Gasteiger partial charge in [0.05, 0.1) is 12.6 Å². The van der Waals surface area contributed by atoms with Gasteiger partial charge in [-0.15, -0.1) is 0 Å². The number of carbonyl (C=O) groups is 1. The van der Waals surface area contributed by atoms with E-state index >= 15 is 0 Å². The smallest absolute Gasteiger partial charge is 0.411 e. The molecule has 23 heavy (non-hydrogen) atoms. The number of halogens is 3. The van der Waals surface area contributed by atoms with Crippen LogP contribution in [0.15, 0.2) is 18.2 Å². The quantitative estimate of drug-likeness (QED) is 0.813. The van der Waals surface area contributed by atoms with Crippen LogP contribution in [0.2, 0.25) is 0 Å². The van der Waals surface area contributed by atoms with E-state index in [-0.39, 0.29) is 25.0 Å². The Morgan fingerprint density at radius 2 is 2.00 bits per heavy atom. The van der Waals surface area contributed by atoms with E-state index in [0.29, 0.717) is 24.7 Å². The highest BCUT2D eigenvalue weighted by Crippen LogP contribution is 2.32. The Hall–Kier alpha value is -1.96. The Labute approximate surface area is 131 Å². The molecule has 128 valence electrons. The zero-order chi connectivity index (χ0) is 16.9. The van der Waals surface area contributed by atoms with Crippen LogP contribution >= 0.6 is 0 Å². The maximum atomic E-state index is 11.9. The van der Waals surface area contributed by atoms with E-state index in [1.54, 1.807) is 25.1 Å². The van der Waals surface area contributed by atoms with E-state index in [1.807, 2.05) is 0 Å². The topological polar surface area (TPSA) is 56.8 Å². The predicted octanol–water partition coefficient (Wildman–Crippen LogP) is 2.60. The first-order valence-corrected chi connectivity index (χ1v) is 7.18. The SMILES string of the molecule is CC(NC(=O)CCOCC(F)(F)F)c1ccc2c(c1)OCCO2. The van der Waals surface area contributed by atoms with Crippen molar-refractivity contribution in [2.45, 2.75) is 25.6 Å². The molecule has 8 heteroatoms. The Bertz CT molecular complexity index is 548. The minimum absolute atomic E-state index is 0.134. The molecule has 0 saturated heterocycles. The summed E-state index contributed by atoms with van der Waals surface area (Å²) in [6.45, 7) is 1.11. The van der Waals surface area contributed by atoms with Gasteiger partial charge in [-0.1, -0.05) is 6.07 Å². The van der Waals surface area contributed by atoms with Gasteiger partial charge in [0.25, 0.3) is 0 Å². The normalized spacial score (nSPS) is 15.1. The molecule has 1 N–H and O–H groups in total. The summed E-state index contributed by atoms with van der Waals surface area (Å²) in [6.07, 6.45) is -4.51. The summed E-state index contributed by atoms with van der Waals surface area (Å²) in [7, 11) is 0. The first kappa shape index (κ1) is 17.4. The van der Waals surface area contributed by atoms with Crippen molar-refractivity contribution in [1.29, 1.82) is 0 Å². The Morgan fingerprint density at radius 1 is 1.30 bits per heavy atom. The molecule has 1 aliphatic heterocycles. The van der Waals surface area contributed by atoms with Crippen molar-refractivity contribution in [3.8, 4) is 11.5 Å². The molecule has 0 spiro atoms. The zero-order valence-corrected chi connectivity index (χ0v) is 12.6. The summed E-state index contributed by atoms with van der Waals surface area (Å²) in [6, 6.07) is 5.04. The lowest BCUT2D eigenvalue weighted by Crippen LogP contribution is -2.28. The highest BCUT2D eigenvalue weighted by Gasteiger charge is 2.27. The molecule has 0 aromatic heterocycles. The molecule has 5 nitrogen and oxygen atoms in total. The van der Waals surface area contributed by atoms with Crippen LogP contribution in [0, 0.1) is 0 Å². The first-order valence-electron chi connectivity index (χ1n) is 7.18. The number of amides is 1. The summed E-state index contributed by atoms with van der Waals surface area (Å²) >= 11 is 0. The standard InChI is InChI=1S/C15H18F3NO4/c1-10(19-14(20)4-5-21-9-15(16,17)18)11-2-3-12-13(8-11)23-7-6-22-12/h2-3,8,10H,4-7,9H2,1H3,(H,19,20). The predicted molar refractivity (Wildman–Crippen MR) is 75.5 cm³/mol. The average molecular weight is 333 g/mol. The number of rotatable bonds is 6. The molecule has 1 unspecified atom stereocenters. The lowest BCUT2D eigenvalue weighted by molar-refractivity contribution is -0.174. The summed E-state index contributed by atoms with van der Waals surface area (Å²) in [4.78, 5) is 11.7. The minimum atomic E-state index is -4.38. The number of ether oxygens (including phenoxy) is 3. The number of benzene rings is 1. The van der Waals surface area contributed by atoms with Gasteiger partial charge in [0, 0.05) is 6.42 Å². The molecule has 2 rings (SSSR count). The van der Waals surface area contributed by atoms with Gasteiger partial charge in [-0.25, -0.2) is 0 Å². The van der Waals surface area contributed by atoms with Crippen molar-refractivity contribution in [1.82, 2.24) is 5.32 Å². The van der Waals surface area contributed by atoms with Crippen molar-refractivity contribution in [3.63, 3.8) is 0 Å². The van der Waals surface area contributed by atoms with Crippen molar-refractivity contribution < 1.29 is 32.2 Å². The van der Waals surface area contributed by atoms with Gasteiger partial charge in [0.2, 0.25) is 5.91 Å². The maximum absolute atomic E-state index is 11.9. The van der Waals surface area contributed by atoms with Gasteiger partial charge >= 0.3 is 6.18 Å². The summed E-state index contributed by atoms with van der Waals surface area (Å²) in [5.41, 5.74) is 0.818. The molecule has 1 aromatic carbocycles. The van der Waals surface area contributed by atoms with Gasteiger partial charge in [-0.3, -0.25) is 4.79 Å². The molecule has 1 amide bonds. The molecular weight excluding hydrogens is 315 g/mol. The Kier molecular flexibility index (Phi) is 5.70. The Morgan fingerprint density at radius 3 is 2.70 bits per heavy atom. The molecule has 1 aliphatic rings. The maximum Gasteiger partial charge on any atom is 0.411 e. The lowest BCUT2D eigenvalue weighted by Gasteiger charge is -2.21. The van der Waals surface area contributed by atoms with E-state index in [2.05, 4.69) is 10.1 Å². The second-order valence-electron chi connectivity index (χ2n) is 5.11. The summed E-state index contributed by atoms with van der Waals surface area (Å²) in [5, 5.41) is 2.70. The van der Waals surface area contributed by atoms with Gasteiger partial charge < -0.3 is 19.5 Å². The fourth-order valence-corrected chi connectivity index (χ4v) is 2.08. The minimum Gasteiger partial charge on any atom is -0.486 e. The molecule has 0 saturated carbocycles.